The minimum atomic E-state index is -0.806. The Bertz CT molecular complexity index is 707. The number of carbonyl (C=O) groups is 2. The van der Waals surface area contributed by atoms with Crippen LogP contribution in [0.3, 0.4) is 0 Å². The molecule has 0 aliphatic carbocycles. The quantitative estimate of drug-likeness (QED) is 0.842. The molecule has 6 nitrogen and oxygen atoms in total. The van der Waals surface area contributed by atoms with E-state index in [1.165, 1.54) is 0 Å². The van der Waals surface area contributed by atoms with Gasteiger partial charge in [0.1, 0.15) is 6.04 Å². The van der Waals surface area contributed by atoms with Crippen LogP contribution in [0.5, 0.6) is 0 Å². The van der Waals surface area contributed by atoms with Crippen LogP contribution in [0.1, 0.15) is 35.0 Å². The summed E-state index contributed by atoms with van der Waals surface area (Å²) < 4.78 is 1.80. The molecule has 2 aromatic rings. The second kappa shape index (κ2) is 7.09. The highest BCUT2D eigenvalue weighted by molar-refractivity contribution is 5.87. The lowest BCUT2D eigenvalue weighted by atomic mass is 10.0. The highest BCUT2D eigenvalue weighted by Crippen LogP contribution is 2.15. The molecular weight excluding hydrogens is 292 g/mol. The first-order chi connectivity index (χ1) is 10.9. The third-order valence-electron chi connectivity index (χ3n) is 3.98. The Hall–Kier alpha value is -2.63. The van der Waals surface area contributed by atoms with Gasteiger partial charge in [-0.1, -0.05) is 30.3 Å². The van der Waals surface area contributed by atoms with Crippen LogP contribution in [0.25, 0.3) is 0 Å². The molecule has 1 heterocycles. The van der Waals surface area contributed by atoms with Gasteiger partial charge in [0.2, 0.25) is 11.8 Å². The lowest BCUT2D eigenvalue weighted by Gasteiger charge is -2.15. The maximum atomic E-state index is 12.2. The van der Waals surface area contributed by atoms with E-state index in [-0.39, 0.29) is 12.3 Å². The van der Waals surface area contributed by atoms with Crippen LogP contribution in [0.4, 0.5) is 0 Å². The molecule has 0 saturated carbocycles. The van der Waals surface area contributed by atoms with Crippen LogP contribution in [-0.2, 0) is 23.1 Å². The summed E-state index contributed by atoms with van der Waals surface area (Å²) >= 11 is 0. The lowest BCUT2D eigenvalue weighted by Crippen LogP contribution is -2.37. The highest BCUT2D eigenvalue weighted by atomic mass is 16.2. The highest BCUT2D eigenvalue weighted by Gasteiger charge is 2.20. The van der Waals surface area contributed by atoms with E-state index in [0.29, 0.717) is 12.0 Å². The summed E-state index contributed by atoms with van der Waals surface area (Å²) in [5.74, 6) is -0.779. The van der Waals surface area contributed by atoms with Gasteiger partial charge >= 0.3 is 0 Å². The Morgan fingerprint density at radius 1 is 1.26 bits per heavy atom. The van der Waals surface area contributed by atoms with Crippen molar-refractivity contribution in [3.8, 4) is 0 Å². The van der Waals surface area contributed by atoms with Crippen LogP contribution >= 0.6 is 0 Å². The number of nitrogens with two attached hydrogens (primary N) is 1. The van der Waals surface area contributed by atoms with E-state index in [4.69, 9.17) is 5.73 Å². The van der Waals surface area contributed by atoms with Gasteiger partial charge in [0, 0.05) is 19.2 Å². The first-order valence-electron chi connectivity index (χ1n) is 7.53. The molecule has 23 heavy (non-hydrogen) atoms. The Morgan fingerprint density at radius 3 is 2.43 bits per heavy atom. The molecule has 1 aromatic carbocycles. The Kier molecular flexibility index (Phi) is 5.16. The molecule has 0 radical (unpaired) electrons. The van der Waals surface area contributed by atoms with Crippen molar-refractivity contribution in [1.82, 2.24) is 15.1 Å². The van der Waals surface area contributed by atoms with Crippen molar-refractivity contribution in [3.63, 3.8) is 0 Å². The molecule has 1 aromatic heterocycles. The normalized spacial score (nSPS) is 12.0. The number of nitrogens with one attached hydrogen (secondary N) is 1. The maximum Gasteiger partial charge on any atom is 0.244 e. The summed E-state index contributed by atoms with van der Waals surface area (Å²) in [5.41, 5.74) is 9.13. The van der Waals surface area contributed by atoms with Gasteiger partial charge in [-0.3, -0.25) is 14.3 Å². The minimum absolute atomic E-state index is 0.208. The first kappa shape index (κ1) is 16.7. The molecule has 1 unspecified atom stereocenters. The second-order valence-corrected chi connectivity index (χ2v) is 5.59. The van der Waals surface area contributed by atoms with Crippen molar-refractivity contribution in [2.45, 2.75) is 32.7 Å². The number of amides is 2. The average Bonchev–Trinajstić information content (AvgIpc) is 2.76. The summed E-state index contributed by atoms with van der Waals surface area (Å²) in [6.07, 6.45) is 0.863. The fraction of sp³-hybridized carbons (Fsp3) is 0.353. The molecule has 0 aliphatic heterocycles. The van der Waals surface area contributed by atoms with Crippen molar-refractivity contribution < 1.29 is 9.59 Å². The first-order valence-corrected chi connectivity index (χ1v) is 7.53. The number of carbonyl (C=O) groups excluding carboxylic acids is 2. The molecule has 2 rings (SSSR count). The van der Waals surface area contributed by atoms with Gasteiger partial charge in [-0.25, -0.2) is 0 Å². The molecule has 0 bridgehead atoms. The zero-order valence-electron chi connectivity index (χ0n) is 13.7. The lowest BCUT2D eigenvalue weighted by molar-refractivity contribution is -0.127. The molecule has 0 saturated heterocycles. The van der Waals surface area contributed by atoms with E-state index in [1.807, 2.05) is 27.0 Å². The van der Waals surface area contributed by atoms with Crippen LogP contribution in [0.2, 0.25) is 0 Å². The average molecular weight is 314 g/mol. The van der Waals surface area contributed by atoms with Crippen LogP contribution in [-0.4, -0.2) is 21.6 Å². The zero-order valence-corrected chi connectivity index (χ0v) is 13.7. The van der Waals surface area contributed by atoms with Gasteiger partial charge in [0.25, 0.3) is 0 Å². The summed E-state index contributed by atoms with van der Waals surface area (Å²) in [6, 6.07) is 8.19. The van der Waals surface area contributed by atoms with Gasteiger partial charge in [-0.05, 0) is 31.4 Å². The summed E-state index contributed by atoms with van der Waals surface area (Å²) in [4.78, 5) is 23.8. The summed E-state index contributed by atoms with van der Waals surface area (Å²) in [7, 11) is 1.88. The maximum absolute atomic E-state index is 12.2. The predicted molar refractivity (Wildman–Crippen MR) is 87.5 cm³/mol. The monoisotopic (exact) mass is 314 g/mol. The Morgan fingerprint density at radius 2 is 1.91 bits per heavy atom. The molecule has 3 N–H and O–H groups in total. The number of benzene rings is 1. The standard InChI is InChI=1S/C17H22N4O2/c1-11-14(12(2)21(3)20-11)9-10-15(22)19-16(17(18)23)13-7-5-4-6-8-13/h4-8,16H,9-10H2,1-3H3,(H2,18,23)(H,19,22). The van der Waals surface area contributed by atoms with Crippen LogP contribution in [0, 0.1) is 13.8 Å². The van der Waals surface area contributed by atoms with E-state index in [9.17, 15) is 9.59 Å². The molecule has 0 fully saturated rings. The van der Waals surface area contributed by atoms with Crippen molar-refractivity contribution in [2.24, 2.45) is 12.8 Å². The molecule has 122 valence electrons. The molecule has 1 atom stereocenters. The molecule has 0 aliphatic rings. The SMILES string of the molecule is Cc1nn(C)c(C)c1CCC(=O)NC(C(N)=O)c1ccccc1. The van der Waals surface area contributed by atoms with Crippen molar-refractivity contribution in [3.05, 3.63) is 52.8 Å². The molecule has 2 amide bonds. The van der Waals surface area contributed by atoms with Gasteiger partial charge in [-0.2, -0.15) is 5.10 Å². The van der Waals surface area contributed by atoms with Crippen molar-refractivity contribution in [2.75, 3.05) is 0 Å². The second-order valence-electron chi connectivity index (χ2n) is 5.59. The van der Waals surface area contributed by atoms with Gasteiger partial charge in [-0.15, -0.1) is 0 Å². The smallest absolute Gasteiger partial charge is 0.244 e. The fourth-order valence-corrected chi connectivity index (χ4v) is 2.62. The van der Waals surface area contributed by atoms with Crippen LogP contribution < -0.4 is 11.1 Å². The number of nitrogens with zero attached hydrogens (tertiary/aromatic N) is 2. The largest absolute Gasteiger partial charge is 0.368 e. The Labute approximate surface area is 135 Å². The van der Waals surface area contributed by atoms with Gasteiger partial charge < -0.3 is 11.1 Å². The van der Waals surface area contributed by atoms with E-state index in [1.54, 1.807) is 28.9 Å². The third-order valence-corrected chi connectivity index (χ3v) is 3.98. The number of hydrogen-bond donors (Lipinski definition) is 2. The number of aromatic nitrogens is 2. The van der Waals surface area contributed by atoms with Crippen molar-refractivity contribution >= 4 is 11.8 Å². The Balaban J connectivity index is 2.01. The van der Waals surface area contributed by atoms with Crippen molar-refractivity contribution in [1.29, 1.82) is 0 Å². The molecule has 6 heteroatoms. The number of hydrogen-bond acceptors (Lipinski definition) is 3. The zero-order chi connectivity index (χ0) is 17.0. The number of rotatable bonds is 6. The van der Waals surface area contributed by atoms with E-state index >= 15 is 0 Å². The van der Waals surface area contributed by atoms with E-state index < -0.39 is 11.9 Å². The van der Waals surface area contributed by atoms with Crippen LogP contribution in [0.15, 0.2) is 30.3 Å². The molecular formula is C17H22N4O2. The summed E-state index contributed by atoms with van der Waals surface area (Å²) in [5, 5.41) is 7.04. The van der Waals surface area contributed by atoms with Gasteiger partial charge in [0.15, 0.2) is 0 Å². The molecule has 0 spiro atoms. The minimum Gasteiger partial charge on any atom is -0.368 e. The topological polar surface area (TPSA) is 90.0 Å². The fourth-order valence-electron chi connectivity index (χ4n) is 2.62. The van der Waals surface area contributed by atoms with Gasteiger partial charge in [0.05, 0.1) is 5.69 Å². The van der Waals surface area contributed by atoms with E-state index in [0.717, 1.165) is 17.0 Å². The third kappa shape index (κ3) is 3.97. The van der Waals surface area contributed by atoms with E-state index in [2.05, 4.69) is 10.4 Å². The number of primary amides is 1. The summed E-state index contributed by atoms with van der Waals surface area (Å²) in [6.45, 7) is 3.90. The predicted octanol–water partition coefficient (Wildman–Crippen LogP) is 1.31. The number of aryl methyl sites for hydroxylation is 2.